The van der Waals surface area contributed by atoms with Crippen LogP contribution < -0.4 is 10.6 Å². The van der Waals surface area contributed by atoms with E-state index in [0.717, 1.165) is 29.3 Å². The second-order valence-corrected chi connectivity index (χ2v) is 5.11. The predicted molar refractivity (Wildman–Crippen MR) is 87.1 cm³/mol. The third kappa shape index (κ3) is 4.77. The minimum atomic E-state index is -0.776. The molecule has 5 nitrogen and oxygen atoms in total. The average Bonchev–Trinajstić information content (AvgIpc) is 2.51. The Morgan fingerprint density at radius 3 is 2.55 bits per heavy atom. The van der Waals surface area contributed by atoms with Crippen LogP contribution >= 0.6 is 0 Å². The summed E-state index contributed by atoms with van der Waals surface area (Å²) in [5.74, 6) is -0.776. The van der Waals surface area contributed by atoms with Crippen molar-refractivity contribution >= 4 is 28.5 Å². The standard InChI is InChI=1S/C17H20N2O3/c20-16(21)11-2-1-5-12-18-17(22)19-15-10-6-8-13-7-3-4-9-14(13)15/h3-4,6-10H,1-2,5,11-12H2,(H,20,21)(H2,18,19,22). The molecule has 22 heavy (non-hydrogen) atoms. The van der Waals surface area contributed by atoms with Gasteiger partial charge in [0.05, 0.1) is 5.69 Å². The Labute approximate surface area is 129 Å². The molecule has 0 aliphatic carbocycles. The van der Waals surface area contributed by atoms with Gasteiger partial charge in [-0.3, -0.25) is 4.79 Å². The van der Waals surface area contributed by atoms with Crippen LogP contribution in [0.3, 0.4) is 0 Å². The van der Waals surface area contributed by atoms with Crippen molar-refractivity contribution in [2.75, 3.05) is 11.9 Å². The van der Waals surface area contributed by atoms with Crippen LogP contribution in [0, 0.1) is 0 Å². The van der Waals surface area contributed by atoms with E-state index in [2.05, 4.69) is 10.6 Å². The van der Waals surface area contributed by atoms with Crippen LogP contribution in [-0.2, 0) is 4.79 Å². The molecule has 0 fully saturated rings. The van der Waals surface area contributed by atoms with Crippen molar-refractivity contribution in [2.45, 2.75) is 25.7 Å². The summed E-state index contributed by atoms with van der Waals surface area (Å²) in [6.45, 7) is 0.538. The summed E-state index contributed by atoms with van der Waals surface area (Å²) in [7, 11) is 0. The van der Waals surface area contributed by atoms with Crippen molar-refractivity contribution in [3.05, 3.63) is 42.5 Å². The third-order valence-corrected chi connectivity index (χ3v) is 3.39. The first-order valence-electron chi connectivity index (χ1n) is 7.41. The quantitative estimate of drug-likeness (QED) is 0.683. The van der Waals surface area contributed by atoms with Crippen molar-refractivity contribution in [1.82, 2.24) is 5.32 Å². The first kappa shape index (κ1) is 15.8. The highest BCUT2D eigenvalue weighted by Crippen LogP contribution is 2.22. The van der Waals surface area contributed by atoms with Gasteiger partial charge in [-0.05, 0) is 24.3 Å². The molecule has 0 bridgehead atoms. The molecule has 2 aromatic rings. The van der Waals surface area contributed by atoms with E-state index < -0.39 is 5.97 Å². The van der Waals surface area contributed by atoms with Gasteiger partial charge in [0.25, 0.3) is 0 Å². The Balaban J connectivity index is 1.78. The van der Waals surface area contributed by atoms with Crippen LogP contribution in [0.1, 0.15) is 25.7 Å². The monoisotopic (exact) mass is 300 g/mol. The van der Waals surface area contributed by atoms with Crippen molar-refractivity contribution in [3.8, 4) is 0 Å². The Kier molecular flexibility index (Phi) is 5.77. The van der Waals surface area contributed by atoms with Gasteiger partial charge < -0.3 is 15.7 Å². The van der Waals surface area contributed by atoms with Crippen LogP contribution in [0.5, 0.6) is 0 Å². The number of hydrogen-bond acceptors (Lipinski definition) is 2. The second-order valence-electron chi connectivity index (χ2n) is 5.11. The van der Waals surface area contributed by atoms with E-state index in [0.29, 0.717) is 13.0 Å². The van der Waals surface area contributed by atoms with Crippen LogP contribution in [0.2, 0.25) is 0 Å². The maximum Gasteiger partial charge on any atom is 0.319 e. The second kappa shape index (κ2) is 8.02. The third-order valence-electron chi connectivity index (χ3n) is 3.39. The highest BCUT2D eigenvalue weighted by atomic mass is 16.4. The lowest BCUT2D eigenvalue weighted by Crippen LogP contribution is -2.29. The number of carbonyl (C=O) groups excluding carboxylic acids is 1. The summed E-state index contributed by atoms with van der Waals surface area (Å²) in [4.78, 5) is 22.3. The molecule has 0 unspecified atom stereocenters. The number of amides is 2. The lowest BCUT2D eigenvalue weighted by atomic mass is 10.1. The number of hydrogen-bond donors (Lipinski definition) is 3. The number of aliphatic carboxylic acids is 1. The van der Waals surface area contributed by atoms with Gasteiger partial charge in [0, 0.05) is 18.4 Å². The number of nitrogens with one attached hydrogen (secondary N) is 2. The van der Waals surface area contributed by atoms with E-state index in [1.165, 1.54) is 0 Å². The molecule has 0 aliphatic heterocycles. The minimum Gasteiger partial charge on any atom is -0.481 e. The van der Waals surface area contributed by atoms with Gasteiger partial charge in [-0.25, -0.2) is 4.79 Å². The van der Waals surface area contributed by atoms with E-state index in [1.807, 2.05) is 42.5 Å². The molecule has 2 amide bonds. The summed E-state index contributed by atoms with van der Waals surface area (Å²) in [6, 6.07) is 13.4. The highest BCUT2D eigenvalue weighted by Gasteiger charge is 2.04. The van der Waals surface area contributed by atoms with Crippen molar-refractivity contribution in [3.63, 3.8) is 0 Å². The highest BCUT2D eigenvalue weighted by molar-refractivity contribution is 6.01. The maximum atomic E-state index is 11.9. The molecule has 0 spiro atoms. The molecule has 0 saturated carbocycles. The minimum absolute atomic E-state index is 0.183. The van der Waals surface area contributed by atoms with Gasteiger partial charge in [-0.2, -0.15) is 0 Å². The average molecular weight is 300 g/mol. The number of anilines is 1. The molecule has 0 aliphatic rings. The summed E-state index contributed by atoms with van der Waals surface area (Å²) in [5.41, 5.74) is 0.779. The Morgan fingerprint density at radius 2 is 1.73 bits per heavy atom. The number of rotatable bonds is 7. The molecule has 0 radical (unpaired) electrons. The number of fused-ring (bicyclic) bond motifs is 1. The van der Waals surface area contributed by atoms with Gasteiger partial charge in [0.15, 0.2) is 0 Å². The summed E-state index contributed by atoms with van der Waals surface area (Å²) >= 11 is 0. The molecule has 2 aromatic carbocycles. The first-order chi connectivity index (χ1) is 10.7. The summed E-state index contributed by atoms with van der Waals surface area (Å²) < 4.78 is 0. The summed E-state index contributed by atoms with van der Waals surface area (Å²) in [5, 5.41) is 16.2. The number of carbonyl (C=O) groups is 2. The molecule has 0 atom stereocenters. The van der Waals surface area contributed by atoms with Crippen LogP contribution in [0.4, 0.5) is 10.5 Å². The van der Waals surface area contributed by atoms with Gasteiger partial charge in [0.2, 0.25) is 0 Å². The number of carboxylic acid groups (broad SMARTS) is 1. The topological polar surface area (TPSA) is 78.4 Å². The predicted octanol–water partition coefficient (Wildman–Crippen LogP) is 3.61. The number of unbranched alkanes of at least 4 members (excludes halogenated alkanes) is 2. The molecule has 2 rings (SSSR count). The van der Waals surface area contributed by atoms with E-state index in [-0.39, 0.29) is 12.5 Å². The van der Waals surface area contributed by atoms with E-state index in [9.17, 15) is 9.59 Å². The van der Waals surface area contributed by atoms with E-state index >= 15 is 0 Å². The molecule has 0 aromatic heterocycles. The van der Waals surface area contributed by atoms with Crippen LogP contribution in [-0.4, -0.2) is 23.7 Å². The number of urea groups is 1. The SMILES string of the molecule is O=C(O)CCCCCNC(=O)Nc1cccc2ccccc12. The van der Waals surface area contributed by atoms with E-state index in [1.54, 1.807) is 0 Å². The van der Waals surface area contributed by atoms with Crippen LogP contribution in [0.25, 0.3) is 10.8 Å². The first-order valence-corrected chi connectivity index (χ1v) is 7.41. The molecule has 0 saturated heterocycles. The smallest absolute Gasteiger partial charge is 0.319 e. The van der Waals surface area contributed by atoms with Crippen LogP contribution in [0.15, 0.2) is 42.5 Å². The molecule has 3 N–H and O–H groups in total. The number of benzene rings is 2. The van der Waals surface area contributed by atoms with Gasteiger partial charge >= 0.3 is 12.0 Å². The Bertz CT molecular complexity index is 650. The zero-order valence-electron chi connectivity index (χ0n) is 12.3. The zero-order chi connectivity index (χ0) is 15.8. The lowest BCUT2D eigenvalue weighted by Gasteiger charge is -2.10. The zero-order valence-corrected chi connectivity index (χ0v) is 12.3. The van der Waals surface area contributed by atoms with Crippen molar-refractivity contribution in [2.24, 2.45) is 0 Å². The normalized spacial score (nSPS) is 10.4. The molecule has 116 valence electrons. The van der Waals surface area contributed by atoms with Gasteiger partial charge in [0.1, 0.15) is 0 Å². The Morgan fingerprint density at radius 1 is 0.955 bits per heavy atom. The molecule has 0 heterocycles. The van der Waals surface area contributed by atoms with Crippen molar-refractivity contribution in [1.29, 1.82) is 0 Å². The fourth-order valence-electron chi connectivity index (χ4n) is 2.28. The number of carboxylic acids is 1. The van der Waals surface area contributed by atoms with Gasteiger partial charge in [-0.15, -0.1) is 0 Å². The van der Waals surface area contributed by atoms with E-state index in [4.69, 9.17) is 5.11 Å². The molecule has 5 heteroatoms. The summed E-state index contributed by atoms with van der Waals surface area (Å²) in [6.07, 6.45) is 2.39. The Hall–Kier alpha value is -2.56. The fraction of sp³-hybridized carbons (Fsp3) is 0.294. The fourth-order valence-corrected chi connectivity index (χ4v) is 2.28. The maximum absolute atomic E-state index is 11.9. The molecular weight excluding hydrogens is 280 g/mol. The largest absolute Gasteiger partial charge is 0.481 e. The molecular formula is C17H20N2O3. The van der Waals surface area contributed by atoms with Crippen molar-refractivity contribution < 1.29 is 14.7 Å². The van der Waals surface area contributed by atoms with Gasteiger partial charge in [-0.1, -0.05) is 42.8 Å². The lowest BCUT2D eigenvalue weighted by molar-refractivity contribution is -0.137.